The molecule has 7 nitrogen and oxygen atoms in total. The first kappa shape index (κ1) is 16.8. The van der Waals surface area contributed by atoms with Crippen molar-refractivity contribution in [1.29, 1.82) is 0 Å². The summed E-state index contributed by atoms with van der Waals surface area (Å²) in [5, 5.41) is 5.56. The summed E-state index contributed by atoms with van der Waals surface area (Å²) in [6, 6.07) is 9.08. The minimum Gasteiger partial charge on any atom is -0.339 e. The number of nitrogens with zero attached hydrogens (tertiary/aromatic N) is 2. The van der Waals surface area contributed by atoms with E-state index in [0.717, 1.165) is 0 Å². The molecule has 0 fully saturated rings. The second-order valence-electron chi connectivity index (χ2n) is 5.00. The molecule has 2 heterocycles. The zero-order chi connectivity index (χ0) is 17.6. The number of aromatic nitrogens is 2. The highest BCUT2D eigenvalue weighted by Gasteiger charge is 2.12. The molecule has 0 saturated heterocycles. The molecule has 0 unspecified atom stereocenters. The van der Waals surface area contributed by atoms with Gasteiger partial charge in [-0.15, -0.1) is 11.3 Å². The number of carbonyl (C=O) groups is 2. The van der Waals surface area contributed by atoms with Crippen LogP contribution in [-0.4, -0.2) is 22.0 Å². The van der Waals surface area contributed by atoms with Crippen LogP contribution in [0, 0.1) is 5.82 Å². The van der Waals surface area contributed by atoms with Crippen LogP contribution >= 0.6 is 11.3 Å². The van der Waals surface area contributed by atoms with Gasteiger partial charge in [-0.25, -0.2) is 4.39 Å². The summed E-state index contributed by atoms with van der Waals surface area (Å²) < 4.78 is 18.0. The lowest BCUT2D eigenvalue weighted by atomic mass is 10.2. The van der Waals surface area contributed by atoms with Gasteiger partial charge in [-0.3, -0.25) is 20.4 Å². The first-order valence-corrected chi connectivity index (χ1v) is 8.21. The molecular formula is C16H13FN4O3S. The van der Waals surface area contributed by atoms with Crippen LogP contribution in [0.25, 0.3) is 11.4 Å². The molecule has 3 rings (SSSR count). The first-order valence-electron chi connectivity index (χ1n) is 7.33. The van der Waals surface area contributed by atoms with Crippen LogP contribution in [0.4, 0.5) is 4.39 Å². The number of thiophene rings is 1. The van der Waals surface area contributed by atoms with Crippen molar-refractivity contribution < 1.29 is 18.5 Å². The van der Waals surface area contributed by atoms with Crippen LogP contribution in [0.3, 0.4) is 0 Å². The normalized spacial score (nSPS) is 10.4. The molecule has 0 atom stereocenters. The Hall–Kier alpha value is -3.07. The predicted molar refractivity (Wildman–Crippen MR) is 87.9 cm³/mol. The van der Waals surface area contributed by atoms with Crippen molar-refractivity contribution in [3.05, 3.63) is 58.4 Å². The molecule has 25 heavy (non-hydrogen) atoms. The number of amides is 2. The van der Waals surface area contributed by atoms with Gasteiger partial charge in [0, 0.05) is 18.4 Å². The second-order valence-corrected chi connectivity index (χ2v) is 5.95. The Morgan fingerprint density at radius 2 is 1.96 bits per heavy atom. The molecule has 2 N–H and O–H groups in total. The lowest BCUT2D eigenvalue weighted by Crippen LogP contribution is -2.41. The molecule has 0 aliphatic carbocycles. The number of halogens is 1. The monoisotopic (exact) mass is 360 g/mol. The fourth-order valence-corrected chi connectivity index (χ4v) is 2.57. The van der Waals surface area contributed by atoms with Gasteiger partial charge in [0.1, 0.15) is 5.82 Å². The number of aryl methyl sites for hydroxylation is 1. The Labute approximate surface area is 145 Å². The van der Waals surface area contributed by atoms with E-state index in [1.54, 1.807) is 17.5 Å². The van der Waals surface area contributed by atoms with Crippen molar-refractivity contribution in [2.45, 2.75) is 12.8 Å². The molecule has 1 aromatic carbocycles. The van der Waals surface area contributed by atoms with Crippen LogP contribution in [-0.2, 0) is 11.2 Å². The lowest BCUT2D eigenvalue weighted by Gasteiger charge is -2.04. The summed E-state index contributed by atoms with van der Waals surface area (Å²) in [5.41, 5.74) is 5.26. The van der Waals surface area contributed by atoms with Crippen molar-refractivity contribution in [2.24, 2.45) is 0 Å². The maximum atomic E-state index is 12.9. The topological polar surface area (TPSA) is 97.1 Å². The van der Waals surface area contributed by atoms with Gasteiger partial charge in [-0.1, -0.05) is 11.2 Å². The van der Waals surface area contributed by atoms with Crippen molar-refractivity contribution in [3.8, 4) is 11.4 Å². The van der Waals surface area contributed by atoms with E-state index in [9.17, 15) is 14.0 Å². The van der Waals surface area contributed by atoms with Crippen LogP contribution in [0.1, 0.15) is 22.0 Å². The fourth-order valence-electron chi connectivity index (χ4n) is 1.95. The standard InChI is InChI=1S/C16H13FN4O3S/c17-11-5-3-10(4-6-11)15-18-14(24-21-15)8-7-13(22)19-20-16(23)12-2-1-9-25-12/h1-6,9H,7-8H2,(H,19,22)(H,20,23). The third-order valence-corrected chi connectivity index (χ3v) is 4.07. The van der Waals surface area contributed by atoms with Crippen LogP contribution in [0.2, 0.25) is 0 Å². The second kappa shape index (κ2) is 7.67. The number of hydrogen-bond donors (Lipinski definition) is 2. The summed E-state index contributed by atoms with van der Waals surface area (Å²) in [7, 11) is 0. The quantitative estimate of drug-likeness (QED) is 0.681. The number of nitrogens with one attached hydrogen (secondary N) is 2. The smallest absolute Gasteiger partial charge is 0.279 e. The van der Waals surface area contributed by atoms with Crippen LogP contribution in [0.15, 0.2) is 46.3 Å². The van der Waals surface area contributed by atoms with E-state index in [1.165, 1.54) is 35.6 Å². The molecule has 0 aliphatic rings. The maximum absolute atomic E-state index is 12.9. The van der Waals surface area contributed by atoms with Crippen molar-refractivity contribution in [2.75, 3.05) is 0 Å². The molecule has 3 aromatic rings. The van der Waals surface area contributed by atoms with E-state index in [0.29, 0.717) is 16.3 Å². The van der Waals surface area contributed by atoms with Gasteiger partial charge in [-0.05, 0) is 35.7 Å². The minimum absolute atomic E-state index is 0.0652. The van der Waals surface area contributed by atoms with Crippen molar-refractivity contribution >= 4 is 23.2 Å². The Balaban J connectivity index is 1.48. The molecule has 9 heteroatoms. The van der Waals surface area contributed by atoms with Gasteiger partial charge < -0.3 is 4.52 Å². The number of carbonyl (C=O) groups excluding carboxylic acids is 2. The van der Waals surface area contributed by atoms with E-state index >= 15 is 0 Å². The molecule has 2 amide bonds. The summed E-state index contributed by atoms with van der Waals surface area (Å²) in [5.74, 6) is -0.514. The Morgan fingerprint density at radius 1 is 1.16 bits per heavy atom. The summed E-state index contributed by atoms with van der Waals surface area (Å²) in [4.78, 5) is 28.1. The van der Waals surface area contributed by atoms with Gasteiger partial charge in [0.2, 0.25) is 17.6 Å². The molecule has 2 aromatic heterocycles. The molecule has 128 valence electrons. The number of rotatable bonds is 5. The van der Waals surface area contributed by atoms with Gasteiger partial charge in [0.15, 0.2) is 0 Å². The highest BCUT2D eigenvalue weighted by Crippen LogP contribution is 2.16. The van der Waals surface area contributed by atoms with Gasteiger partial charge >= 0.3 is 0 Å². The third-order valence-electron chi connectivity index (χ3n) is 3.20. The maximum Gasteiger partial charge on any atom is 0.279 e. The first-order chi connectivity index (χ1) is 12.1. The van der Waals surface area contributed by atoms with Crippen LogP contribution in [0.5, 0.6) is 0 Å². The molecule has 0 spiro atoms. The highest BCUT2D eigenvalue weighted by molar-refractivity contribution is 7.12. The van der Waals surface area contributed by atoms with E-state index in [2.05, 4.69) is 21.0 Å². The molecule has 0 aliphatic heterocycles. The summed E-state index contributed by atoms with van der Waals surface area (Å²) in [6.07, 6.45) is 0.282. The van der Waals surface area contributed by atoms with E-state index in [4.69, 9.17) is 4.52 Å². The van der Waals surface area contributed by atoms with E-state index in [-0.39, 0.29) is 36.4 Å². The zero-order valence-electron chi connectivity index (χ0n) is 12.9. The molecular weight excluding hydrogens is 347 g/mol. The minimum atomic E-state index is -0.383. The molecule has 0 radical (unpaired) electrons. The average Bonchev–Trinajstić information content (AvgIpc) is 3.30. The van der Waals surface area contributed by atoms with Crippen LogP contribution < -0.4 is 10.9 Å². The Morgan fingerprint density at radius 3 is 2.68 bits per heavy atom. The predicted octanol–water partition coefficient (Wildman–Crippen LogP) is 2.33. The van der Waals surface area contributed by atoms with Crippen molar-refractivity contribution in [3.63, 3.8) is 0 Å². The number of benzene rings is 1. The molecule has 0 saturated carbocycles. The highest BCUT2D eigenvalue weighted by atomic mass is 32.1. The number of hydrogen-bond acceptors (Lipinski definition) is 6. The zero-order valence-corrected chi connectivity index (χ0v) is 13.7. The van der Waals surface area contributed by atoms with Gasteiger partial charge in [0.25, 0.3) is 5.91 Å². The van der Waals surface area contributed by atoms with Gasteiger partial charge in [-0.2, -0.15) is 4.98 Å². The molecule has 0 bridgehead atoms. The van der Waals surface area contributed by atoms with E-state index < -0.39 is 0 Å². The number of hydrazine groups is 1. The SMILES string of the molecule is O=C(CCc1nc(-c2ccc(F)cc2)no1)NNC(=O)c1cccs1. The van der Waals surface area contributed by atoms with Crippen molar-refractivity contribution in [1.82, 2.24) is 21.0 Å². The third kappa shape index (κ3) is 4.48. The summed E-state index contributed by atoms with van der Waals surface area (Å²) >= 11 is 1.27. The largest absolute Gasteiger partial charge is 0.339 e. The fraction of sp³-hybridized carbons (Fsp3) is 0.125. The van der Waals surface area contributed by atoms with E-state index in [1.807, 2.05) is 0 Å². The van der Waals surface area contributed by atoms with Gasteiger partial charge in [0.05, 0.1) is 4.88 Å². The average molecular weight is 360 g/mol. The summed E-state index contributed by atoms with van der Waals surface area (Å²) in [6.45, 7) is 0. The Bertz CT molecular complexity index is 862. The lowest BCUT2D eigenvalue weighted by molar-refractivity contribution is -0.121. The Kier molecular flexibility index (Phi) is 5.14.